The van der Waals surface area contributed by atoms with Crippen LogP contribution in [0.2, 0.25) is 0 Å². The van der Waals surface area contributed by atoms with Gasteiger partial charge >= 0.3 is 0 Å². The third-order valence-corrected chi connectivity index (χ3v) is 3.18. The first-order valence-corrected chi connectivity index (χ1v) is 6.68. The highest BCUT2D eigenvalue weighted by Gasteiger charge is 2.15. The van der Waals surface area contributed by atoms with Crippen LogP contribution >= 0.6 is 0 Å². The van der Waals surface area contributed by atoms with Gasteiger partial charge in [-0.3, -0.25) is 0 Å². The molecule has 2 rings (SSSR count). The van der Waals surface area contributed by atoms with Gasteiger partial charge in [0, 0.05) is 6.04 Å². The van der Waals surface area contributed by atoms with Gasteiger partial charge in [-0.15, -0.1) is 0 Å². The summed E-state index contributed by atoms with van der Waals surface area (Å²) in [5.74, 6) is 0.577. The first kappa shape index (κ1) is 13.4. The fourth-order valence-electron chi connectivity index (χ4n) is 2.24. The van der Waals surface area contributed by atoms with Crippen LogP contribution in [0.15, 0.2) is 40.3 Å². The quantitative estimate of drug-likeness (QED) is 0.565. The van der Waals surface area contributed by atoms with Gasteiger partial charge in [0.1, 0.15) is 0 Å². The van der Waals surface area contributed by atoms with Crippen LogP contribution in [-0.2, 0) is 6.54 Å². The van der Waals surface area contributed by atoms with E-state index in [1.807, 2.05) is 30.3 Å². The predicted octanol–water partition coefficient (Wildman–Crippen LogP) is 1.35. The summed E-state index contributed by atoms with van der Waals surface area (Å²) in [5.41, 5.74) is 12.0. The van der Waals surface area contributed by atoms with Crippen molar-refractivity contribution in [1.82, 2.24) is 5.32 Å². The monoisotopic (exact) mass is 259 g/mol. The second-order valence-corrected chi connectivity index (χ2v) is 4.79. The molecule has 0 heterocycles. The van der Waals surface area contributed by atoms with Crippen molar-refractivity contribution in [2.45, 2.75) is 38.3 Å². The number of hydrogen-bond donors (Lipinski definition) is 3. The Hall–Kier alpha value is -2.04. The van der Waals surface area contributed by atoms with Gasteiger partial charge < -0.3 is 16.8 Å². The van der Waals surface area contributed by atoms with Crippen molar-refractivity contribution >= 4 is 11.9 Å². The number of benzene rings is 1. The van der Waals surface area contributed by atoms with Gasteiger partial charge in [-0.05, 0) is 18.4 Å². The normalized spacial score (nSPS) is 16.3. The standard InChI is InChI=1S/C14H21N5/c15-13(16)19-14(18-12-8-4-5-9-12)17-10-11-6-2-1-3-7-11/h1-3,6-7,12H,4-5,8-10H2,(H5,15,16,17,18,19). The summed E-state index contributed by atoms with van der Waals surface area (Å²) in [6.45, 7) is 0.576. The summed E-state index contributed by atoms with van der Waals surface area (Å²) in [4.78, 5) is 8.52. The number of nitrogens with one attached hydrogen (secondary N) is 1. The third kappa shape index (κ3) is 4.62. The van der Waals surface area contributed by atoms with Crippen molar-refractivity contribution in [3.8, 4) is 0 Å². The number of guanidine groups is 2. The van der Waals surface area contributed by atoms with Crippen molar-refractivity contribution in [2.75, 3.05) is 0 Å². The molecular weight excluding hydrogens is 238 g/mol. The lowest BCUT2D eigenvalue weighted by Gasteiger charge is -2.12. The molecule has 0 aromatic heterocycles. The Kier molecular flexibility index (Phi) is 4.78. The minimum Gasteiger partial charge on any atom is -0.370 e. The zero-order chi connectivity index (χ0) is 13.5. The maximum Gasteiger partial charge on any atom is 0.221 e. The minimum atomic E-state index is 0.0392. The third-order valence-electron chi connectivity index (χ3n) is 3.18. The summed E-state index contributed by atoms with van der Waals surface area (Å²) < 4.78 is 0. The molecule has 1 aromatic carbocycles. The largest absolute Gasteiger partial charge is 0.370 e. The molecule has 1 aliphatic carbocycles. The zero-order valence-electron chi connectivity index (χ0n) is 11.0. The predicted molar refractivity (Wildman–Crippen MR) is 78.8 cm³/mol. The second kappa shape index (κ2) is 6.78. The Morgan fingerprint density at radius 2 is 1.84 bits per heavy atom. The van der Waals surface area contributed by atoms with Crippen LogP contribution < -0.4 is 16.8 Å². The molecule has 0 unspecified atom stereocenters. The van der Waals surface area contributed by atoms with E-state index in [-0.39, 0.29) is 5.96 Å². The number of rotatable bonds is 3. The molecule has 1 fully saturated rings. The van der Waals surface area contributed by atoms with E-state index in [1.165, 1.54) is 12.8 Å². The molecule has 1 aromatic rings. The molecule has 5 N–H and O–H groups in total. The maximum absolute atomic E-state index is 5.44. The van der Waals surface area contributed by atoms with Gasteiger partial charge in [-0.1, -0.05) is 43.2 Å². The topological polar surface area (TPSA) is 88.8 Å². The van der Waals surface area contributed by atoms with Crippen molar-refractivity contribution in [3.05, 3.63) is 35.9 Å². The fourth-order valence-corrected chi connectivity index (χ4v) is 2.24. The van der Waals surface area contributed by atoms with E-state index in [4.69, 9.17) is 11.5 Å². The van der Waals surface area contributed by atoms with E-state index in [0.717, 1.165) is 18.4 Å². The van der Waals surface area contributed by atoms with Gasteiger partial charge in [0.05, 0.1) is 6.54 Å². The maximum atomic E-state index is 5.44. The van der Waals surface area contributed by atoms with E-state index < -0.39 is 0 Å². The Morgan fingerprint density at radius 1 is 1.16 bits per heavy atom. The van der Waals surface area contributed by atoms with E-state index >= 15 is 0 Å². The van der Waals surface area contributed by atoms with Crippen LogP contribution in [0, 0.1) is 0 Å². The molecule has 1 saturated carbocycles. The van der Waals surface area contributed by atoms with Crippen molar-refractivity contribution in [2.24, 2.45) is 21.5 Å². The molecule has 19 heavy (non-hydrogen) atoms. The molecular formula is C14H21N5. The van der Waals surface area contributed by atoms with Crippen molar-refractivity contribution in [1.29, 1.82) is 0 Å². The van der Waals surface area contributed by atoms with Crippen LogP contribution in [0.4, 0.5) is 0 Å². The fraction of sp³-hybridized carbons (Fsp3) is 0.429. The van der Waals surface area contributed by atoms with E-state index in [2.05, 4.69) is 15.3 Å². The molecule has 0 radical (unpaired) electrons. The molecule has 0 spiro atoms. The second-order valence-electron chi connectivity index (χ2n) is 4.79. The first-order valence-electron chi connectivity index (χ1n) is 6.68. The Morgan fingerprint density at radius 3 is 2.47 bits per heavy atom. The van der Waals surface area contributed by atoms with Crippen molar-refractivity contribution in [3.63, 3.8) is 0 Å². The van der Waals surface area contributed by atoms with E-state index in [0.29, 0.717) is 18.5 Å². The van der Waals surface area contributed by atoms with Gasteiger partial charge in [0.25, 0.3) is 0 Å². The van der Waals surface area contributed by atoms with Crippen molar-refractivity contribution < 1.29 is 0 Å². The molecule has 0 aliphatic heterocycles. The summed E-state index contributed by atoms with van der Waals surface area (Å²) >= 11 is 0. The lowest BCUT2D eigenvalue weighted by atomic mass is 10.2. The average molecular weight is 259 g/mol. The lowest BCUT2D eigenvalue weighted by molar-refractivity contribution is 0.625. The lowest BCUT2D eigenvalue weighted by Crippen LogP contribution is -2.35. The molecule has 0 saturated heterocycles. The van der Waals surface area contributed by atoms with Crippen LogP contribution in [0.25, 0.3) is 0 Å². The van der Waals surface area contributed by atoms with Gasteiger partial charge in [0.2, 0.25) is 5.96 Å². The Balaban J connectivity index is 2.01. The highest BCUT2D eigenvalue weighted by molar-refractivity contribution is 5.93. The van der Waals surface area contributed by atoms with Crippen LogP contribution in [0.3, 0.4) is 0 Å². The Labute approximate surface area is 113 Å². The number of nitrogens with two attached hydrogens (primary N) is 2. The Bertz CT molecular complexity index is 442. The van der Waals surface area contributed by atoms with Crippen LogP contribution in [0.5, 0.6) is 0 Å². The highest BCUT2D eigenvalue weighted by atomic mass is 15.2. The number of nitrogens with zero attached hydrogens (tertiary/aromatic N) is 2. The molecule has 5 nitrogen and oxygen atoms in total. The number of hydrogen-bond acceptors (Lipinski definition) is 1. The SMILES string of the molecule is NC(N)=NC(=NCc1ccccc1)NC1CCCC1. The first-order chi connectivity index (χ1) is 9.24. The van der Waals surface area contributed by atoms with Gasteiger partial charge in [0.15, 0.2) is 5.96 Å². The minimum absolute atomic E-state index is 0.0392. The highest BCUT2D eigenvalue weighted by Crippen LogP contribution is 2.17. The zero-order valence-corrected chi connectivity index (χ0v) is 11.0. The number of aliphatic imine (C=N–C) groups is 2. The summed E-state index contributed by atoms with van der Waals surface area (Å²) in [6, 6.07) is 10.5. The van der Waals surface area contributed by atoms with Gasteiger partial charge in [-0.25, -0.2) is 4.99 Å². The molecule has 0 atom stereocenters. The van der Waals surface area contributed by atoms with Crippen LogP contribution in [0.1, 0.15) is 31.2 Å². The van der Waals surface area contributed by atoms with Gasteiger partial charge in [-0.2, -0.15) is 4.99 Å². The summed E-state index contributed by atoms with van der Waals surface area (Å²) in [7, 11) is 0. The van der Waals surface area contributed by atoms with Crippen LogP contribution in [-0.4, -0.2) is 18.0 Å². The summed E-state index contributed by atoms with van der Waals surface area (Å²) in [6.07, 6.45) is 4.83. The molecule has 1 aliphatic rings. The molecule has 0 amide bonds. The van der Waals surface area contributed by atoms with E-state index in [1.54, 1.807) is 0 Å². The molecule has 102 valence electrons. The summed E-state index contributed by atoms with van der Waals surface area (Å²) in [5, 5.41) is 3.32. The van der Waals surface area contributed by atoms with E-state index in [9.17, 15) is 0 Å². The smallest absolute Gasteiger partial charge is 0.221 e. The molecule has 0 bridgehead atoms. The average Bonchev–Trinajstić information content (AvgIpc) is 2.89. The molecule has 5 heteroatoms.